The van der Waals surface area contributed by atoms with Crippen LogP contribution in [0.25, 0.3) is 0 Å². The molecular weight excluding hydrogens is 282 g/mol. The molecule has 1 aromatic rings. The van der Waals surface area contributed by atoms with Gasteiger partial charge in [-0.2, -0.15) is 0 Å². The highest BCUT2D eigenvalue weighted by Gasteiger charge is 2.21. The number of thiazole rings is 1. The zero-order valence-electron chi connectivity index (χ0n) is 8.54. The Morgan fingerprint density at radius 3 is 2.60 bits per heavy atom. The van der Waals surface area contributed by atoms with Crippen molar-refractivity contribution in [2.24, 2.45) is 0 Å². The zero-order valence-corrected chi connectivity index (χ0v) is 10.9. The zero-order chi connectivity index (χ0) is 11.6. The van der Waals surface area contributed by atoms with E-state index < -0.39 is 5.97 Å². The number of Topliss-reactive ketones (excluding diaryl/α,β-unsaturated/α-hetero) is 1. The van der Waals surface area contributed by atoms with Crippen LogP contribution in [0.1, 0.15) is 32.1 Å². The van der Waals surface area contributed by atoms with Crippen LogP contribution < -0.4 is 0 Å². The fourth-order valence-corrected chi connectivity index (χ4v) is 2.26. The van der Waals surface area contributed by atoms with E-state index in [1.54, 1.807) is 13.8 Å². The minimum Gasteiger partial charge on any atom is -0.464 e. The Labute approximate surface area is 99.8 Å². The van der Waals surface area contributed by atoms with Gasteiger partial charge < -0.3 is 4.74 Å². The summed E-state index contributed by atoms with van der Waals surface area (Å²) < 4.78 is 4.55. The molecule has 0 aliphatic heterocycles. The average molecular weight is 292 g/mol. The van der Waals surface area contributed by atoms with Crippen LogP contribution in [0.15, 0.2) is 0 Å². The van der Waals surface area contributed by atoms with Crippen LogP contribution in [-0.4, -0.2) is 28.7 Å². The summed E-state index contributed by atoms with van der Waals surface area (Å²) in [7, 11) is 1.29. The number of ketones is 1. The summed E-state index contributed by atoms with van der Waals surface area (Å²) in [4.78, 5) is 27.2. The van der Waals surface area contributed by atoms with Crippen LogP contribution in [0.4, 0.5) is 0 Å². The highest BCUT2D eigenvalue weighted by Crippen LogP contribution is 2.21. The first-order chi connectivity index (χ1) is 6.97. The van der Waals surface area contributed by atoms with Gasteiger partial charge in [-0.25, -0.2) is 9.78 Å². The van der Waals surface area contributed by atoms with E-state index >= 15 is 0 Å². The number of nitrogens with zero attached hydrogens (tertiary/aromatic N) is 1. The lowest BCUT2D eigenvalue weighted by Crippen LogP contribution is -2.10. The number of aromatic nitrogens is 1. The lowest BCUT2D eigenvalue weighted by atomic mass is 10.3. The van der Waals surface area contributed by atoms with E-state index in [0.29, 0.717) is 9.88 Å². The van der Waals surface area contributed by atoms with Crippen LogP contribution in [0.2, 0.25) is 0 Å². The third kappa shape index (κ3) is 2.63. The highest BCUT2D eigenvalue weighted by molar-refractivity contribution is 9.10. The van der Waals surface area contributed by atoms with Crippen molar-refractivity contribution in [2.45, 2.75) is 18.7 Å². The Kier molecular flexibility index (Phi) is 3.98. The van der Waals surface area contributed by atoms with Crippen molar-refractivity contribution in [1.29, 1.82) is 0 Å². The van der Waals surface area contributed by atoms with Crippen molar-refractivity contribution >= 4 is 39.0 Å². The van der Waals surface area contributed by atoms with Crippen molar-refractivity contribution in [3.8, 4) is 0 Å². The summed E-state index contributed by atoms with van der Waals surface area (Å²) >= 11 is 4.37. The van der Waals surface area contributed by atoms with Gasteiger partial charge >= 0.3 is 5.97 Å². The van der Waals surface area contributed by atoms with Gasteiger partial charge in [-0.05, 0) is 13.8 Å². The number of aryl methyl sites for hydroxylation is 1. The molecule has 1 aromatic heterocycles. The number of alkyl halides is 1. The van der Waals surface area contributed by atoms with E-state index in [0.717, 1.165) is 0 Å². The molecule has 1 atom stereocenters. The Hall–Kier alpha value is -0.750. The predicted molar refractivity (Wildman–Crippen MR) is 60.9 cm³/mol. The number of hydrogen-bond acceptors (Lipinski definition) is 5. The molecule has 0 radical (unpaired) electrons. The third-order valence-corrected chi connectivity index (χ3v) is 3.15. The molecular formula is C9H10BrNO3S. The number of rotatable bonds is 3. The molecule has 0 bridgehead atoms. The molecule has 0 fully saturated rings. The van der Waals surface area contributed by atoms with Crippen LogP contribution >= 0.6 is 27.3 Å². The molecule has 0 N–H and O–H groups in total. The van der Waals surface area contributed by atoms with Crippen LogP contribution in [-0.2, 0) is 4.74 Å². The topological polar surface area (TPSA) is 56.3 Å². The van der Waals surface area contributed by atoms with Gasteiger partial charge in [0.2, 0.25) is 5.78 Å². The highest BCUT2D eigenvalue weighted by atomic mass is 79.9. The van der Waals surface area contributed by atoms with Crippen molar-refractivity contribution in [3.63, 3.8) is 0 Å². The fourth-order valence-electron chi connectivity index (χ4n) is 0.958. The third-order valence-electron chi connectivity index (χ3n) is 1.75. The van der Waals surface area contributed by atoms with Gasteiger partial charge in [-0.1, -0.05) is 15.9 Å². The molecule has 6 heteroatoms. The summed E-state index contributed by atoms with van der Waals surface area (Å²) in [5.74, 6) is -0.636. The number of ether oxygens (including phenoxy) is 1. The van der Waals surface area contributed by atoms with Crippen molar-refractivity contribution in [1.82, 2.24) is 4.98 Å². The molecule has 4 nitrogen and oxygen atoms in total. The fraction of sp³-hybridized carbons (Fsp3) is 0.444. The Morgan fingerprint density at radius 1 is 1.53 bits per heavy atom. The SMILES string of the molecule is COC(=O)c1nc(C(=O)C(C)Br)sc1C. The lowest BCUT2D eigenvalue weighted by molar-refractivity contribution is 0.0594. The molecule has 0 saturated carbocycles. The van der Waals surface area contributed by atoms with Crippen LogP contribution in [0.5, 0.6) is 0 Å². The smallest absolute Gasteiger partial charge is 0.357 e. The van der Waals surface area contributed by atoms with Gasteiger partial charge in [-0.15, -0.1) is 11.3 Å². The summed E-state index contributed by atoms with van der Waals surface area (Å²) in [6.45, 7) is 3.45. The number of carbonyl (C=O) groups is 2. The van der Waals surface area contributed by atoms with Gasteiger partial charge in [0.05, 0.1) is 11.9 Å². The minimum absolute atomic E-state index is 0.127. The lowest BCUT2D eigenvalue weighted by Gasteiger charge is -1.96. The first-order valence-electron chi connectivity index (χ1n) is 4.21. The number of esters is 1. The first kappa shape index (κ1) is 12.3. The summed E-state index contributed by atoms with van der Waals surface area (Å²) in [5, 5.41) is 0.331. The molecule has 0 amide bonds. The van der Waals surface area contributed by atoms with Gasteiger partial charge in [0.25, 0.3) is 0 Å². The van der Waals surface area contributed by atoms with Gasteiger partial charge in [0.15, 0.2) is 10.7 Å². The molecule has 0 aromatic carbocycles. The molecule has 0 aliphatic rings. The van der Waals surface area contributed by atoms with Crippen LogP contribution in [0.3, 0.4) is 0 Å². The van der Waals surface area contributed by atoms with Crippen LogP contribution in [0, 0.1) is 6.92 Å². The summed E-state index contributed by atoms with van der Waals surface area (Å²) in [6, 6.07) is 0. The van der Waals surface area contributed by atoms with E-state index in [1.807, 2.05) is 0 Å². The predicted octanol–water partition coefficient (Wildman–Crippen LogP) is 2.20. The summed E-state index contributed by atoms with van der Waals surface area (Å²) in [6.07, 6.45) is 0. The van der Waals surface area contributed by atoms with Gasteiger partial charge in [0, 0.05) is 4.88 Å². The van der Waals surface area contributed by atoms with Gasteiger partial charge in [0.1, 0.15) is 0 Å². The molecule has 1 heterocycles. The number of halogens is 1. The quantitative estimate of drug-likeness (QED) is 0.487. The first-order valence-corrected chi connectivity index (χ1v) is 5.94. The maximum Gasteiger partial charge on any atom is 0.357 e. The van der Waals surface area contributed by atoms with E-state index in [4.69, 9.17) is 0 Å². The number of methoxy groups -OCH3 is 1. The molecule has 82 valence electrons. The van der Waals surface area contributed by atoms with Gasteiger partial charge in [-0.3, -0.25) is 4.79 Å². The van der Waals surface area contributed by atoms with Crippen molar-refractivity contribution in [3.05, 3.63) is 15.6 Å². The molecule has 15 heavy (non-hydrogen) atoms. The van der Waals surface area contributed by atoms with E-state index in [2.05, 4.69) is 25.7 Å². The van der Waals surface area contributed by atoms with E-state index in [-0.39, 0.29) is 16.3 Å². The Balaban J connectivity index is 3.06. The maximum atomic E-state index is 11.6. The van der Waals surface area contributed by atoms with E-state index in [1.165, 1.54) is 18.4 Å². The maximum absolute atomic E-state index is 11.6. The number of hydrogen-bond donors (Lipinski definition) is 0. The second-order valence-corrected chi connectivity index (χ2v) is 5.47. The minimum atomic E-state index is -0.509. The number of carbonyl (C=O) groups excluding carboxylic acids is 2. The average Bonchev–Trinajstić information content (AvgIpc) is 2.57. The Bertz CT molecular complexity index is 400. The summed E-state index contributed by atoms with van der Waals surface area (Å²) in [5.41, 5.74) is 0.221. The van der Waals surface area contributed by atoms with Crippen molar-refractivity contribution < 1.29 is 14.3 Å². The second-order valence-electron chi connectivity index (χ2n) is 2.90. The standard InChI is InChI=1S/C9H10BrNO3S/c1-4(10)7(12)8-11-6(5(2)15-8)9(13)14-3/h4H,1-3H3. The Morgan fingerprint density at radius 2 is 2.13 bits per heavy atom. The monoisotopic (exact) mass is 291 g/mol. The molecule has 1 rings (SSSR count). The normalized spacial score (nSPS) is 12.3. The molecule has 0 saturated heterocycles. The molecule has 1 unspecified atom stereocenters. The molecule has 0 aliphatic carbocycles. The molecule has 0 spiro atoms. The second kappa shape index (κ2) is 4.85. The van der Waals surface area contributed by atoms with E-state index in [9.17, 15) is 9.59 Å². The largest absolute Gasteiger partial charge is 0.464 e. The van der Waals surface area contributed by atoms with Crippen molar-refractivity contribution in [2.75, 3.05) is 7.11 Å².